The molecule has 0 aliphatic carbocycles. The summed E-state index contributed by atoms with van der Waals surface area (Å²) in [6, 6.07) is 7.36. The Hall–Kier alpha value is -3.47. The molecule has 1 unspecified atom stereocenters. The maximum Gasteiger partial charge on any atom is 0.189 e. The zero-order valence-corrected chi connectivity index (χ0v) is 17.3. The van der Waals surface area contributed by atoms with Crippen LogP contribution in [0.4, 0.5) is 0 Å². The van der Waals surface area contributed by atoms with Gasteiger partial charge in [-0.25, -0.2) is 0 Å². The van der Waals surface area contributed by atoms with Crippen LogP contribution in [0.2, 0.25) is 0 Å². The number of benzene rings is 2. The van der Waals surface area contributed by atoms with Gasteiger partial charge in [-0.3, -0.25) is 4.79 Å². The molecule has 3 N–H and O–H groups in total. The molecule has 156 valence electrons. The first-order valence-corrected chi connectivity index (χ1v) is 9.80. The molecule has 1 atom stereocenters. The normalized spacial score (nSPS) is 17.4. The number of ketones is 1. The van der Waals surface area contributed by atoms with Gasteiger partial charge in [-0.05, 0) is 70.0 Å². The van der Waals surface area contributed by atoms with E-state index in [1.165, 1.54) is 42.0 Å². The third-order valence-corrected chi connectivity index (χ3v) is 5.01. The van der Waals surface area contributed by atoms with Crippen molar-refractivity contribution < 1.29 is 24.9 Å². The minimum Gasteiger partial charge on any atom is -0.507 e. The minimum absolute atomic E-state index is 0.112. The fraction of sp³-hybridized carbons (Fsp3) is 0.240. The van der Waals surface area contributed by atoms with Gasteiger partial charge in [0, 0.05) is 11.6 Å². The van der Waals surface area contributed by atoms with E-state index in [0.29, 0.717) is 11.3 Å². The van der Waals surface area contributed by atoms with Gasteiger partial charge in [-0.2, -0.15) is 0 Å². The topological polar surface area (TPSA) is 87.0 Å². The average Bonchev–Trinajstić information content (AvgIpc) is 2.66. The SMILES string of the molecule is CC(C)=CCCC1(C)C=Cc2cc(C(=O)C=Cc3c(O)cccc3O)c(O)cc2O1. The first-order chi connectivity index (χ1) is 14.2. The lowest BCUT2D eigenvalue weighted by atomic mass is 9.93. The van der Waals surface area contributed by atoms with Crippen LogP contribution in [0, 0.1) is 0 Å². The van der Waals surface area contributed by atoms with Crippen LogP contribution in [0.5, 0.6) is 23.0 Å². The Bertz CT molecular complexity index is 1040. The van der Waals surface area contributed by atoms with Crippen LogP contribution >= 0.6 is 0 Å². The molecule has 0 spiro atoms. The largest absolute Gasteiger partial charge is 0.507 e. The number of ether oxygens (including phenoxy) is 1. The molecule has 0 radical (unpaired) electrons. The van der Waals surface area contributed by atoms with E-state index >= 15 is 0 Å². The zero-order chi connectivity index (χ0) is 21.9. The van der Waals surface area contributed by atoms with E-state index in [9.17, 15) is 20.1 Å². The number of rotatable bonds is 6. The zero-order valence-electron chi connectivity index (χ0n) is 17.3. The monoisotopic (exact) mass is 406 g/mol. The summed E-state index contributed by atoms with van der Waals surface area (Å²) in [5, 5.41) is 30.0. The second kappa shape index (κ2) is 8.49. The molecule has 5 heteroatoms. The van der Waals surface area contributed by atoms with Gasteiger partial charge in [0.05, 0.1) is 11.1 Å². The quantitative estimate of drug-likeness (QED) is 0.330. The molecule has 5 nitrogen and oxygen atoms in total. The highest BCUT2D eigenvalue weighted by molar-refractivity contribution is 6.09. The van der Waals surface area contributed by atoms with Gasteiger partial charge in [0.2, 0.25) is 0 Å². The summed E-state index contributed by atoms with van der Waals surface area (Å²) in [5.41, 5.74) is 1.72. The molecule has 3 rings (SSSR count). The number of aromatic hydroxyl groups is 3. The van der Waals surface area contributed by atoms with Crippen LogP contribution in [0.1, 0.15) is 55.1 Å². The summed E-state index contributed by atoms with van der Waals surface area (Å²) in [6.45, 7) is 6.10. The van der Waals surface area contributed by atoms with Crippen molar-refractivity contribution >= 4 is 17.9 Å². The van der Waals surface area contributed by atoms with Crippen LogP contribution in [-0.2, 0) is 0 Å². The molecule has 0 saturated carbocycles. The summed E-state index contributed by atoms with van der Waals surface area (Å²) < 4.78 is 6.11. The van der Waals surface area contributed by atoms with Crippen LogP contribution in [0.3, 0.4) is 0 Å². The molecule has 2 aromatic carbocycles. The molecular formula is C25H26O5. The first-order valence-electron chi connectivity index (χ1n) is 9.80. The van der Waals surface area contributed by atoms with E-state index in [1.54, 1.807) is 6.07 Å². The van der Waals surface area contributed by atoms with Crippen molar-refractivity contribution in [3.8, 4) is 23.0 Å². The third-order valence-electron chi connectivity index (χ3n) is 5.01. The number of carbonyl (C=O) groups is 1. The minimum atomic E-state index is -0.487. The molecule has 1 heterocycles. The smallest absolute Gasteiger partial charge is 0.189 e. The Morgan fingerprint density at radius 3 is 2.47 bits per heavy atom. The summed E-state index contributed by atoms with van der Waals surface area (Å²) in [6.07, 6.45) is 10.2. The predicted molar refractivity (Wildman–Crippen MR) is 118 cm³/mol. The fourth-order valence-electron chi connectivity index (χ4n) is 3.30. The molecule has 0 amide bonds. The van der Waals surface area contributed by atoms with Crippen molar-refractivity contribution in [1.82, 2.24) is 0 Å². The maximum atomic E-state index is 12.6. The van der Waals surface area contributed by atoms with Crippen LogP contribution in [0.25, 0.3) is 12.2 Å². The molecule has 30 heavy (non-hydrogen) atoms. The molecule has 0 saturated heterocycles. The summed E-state index contributed by atoms with van der Waals surface area (Å²) >= 11 is 0. The van der Waals surface area contributed by atoms with E-state index in [2.05, 4.69) is 19.9 Å². The number of phenols is 3. The van der Waals surface area contributed by atoms with Gasteiger partial charge >= 0.3 is 0 Å². The molecular weight excluding hydrogens is 380 g/mol. The van der Waals surface area contributed by atoms with Gasteiger partial charge in [-0.1, -0.05) is 23.8 Å². The van der Waals surface area contributed by atoms with E-state index in [-0.39, 0.29) is 28.4 Å². The van der Waals surface area contributed by atoms with Gasteiger partial charge in [-0.15, -0.1) is 0 Å². The Labute approximate surface area is 176 Å². The maximum absolute atomic E-state index is 12.6. The van der Waals surface area contributed by atoms with Crippen molar-refractivity contribution in [3.63, 3.8) is 0 Å². The predicted octanol–water partition coefficient (Wildman–Crippen LogP) is 5.61. The highest BCUT2D eigenvalue weighted by Crippen LogP contribution is 2.38. The Morgan fingerprint density at radius 1 is 1.10 bits per heavy atom. The molecule has 0 fully saturated rings. The number of hydrogen-bond acceptors (Lipinski definition) is 5. The van der Waals surface area contributed by atoms with Crippen molar-refractivity contribution in [3.05, 3.63) is 70.8 Å². The number of allylic oxidation sites excluding steroid dienone is 3. The second-order valence-electron chi connectivity index (χ2n) is 7.88. The van der Waals surface area contributed by atoms with E-state index in [1.807, 2.05) is 19.1 Å². The molecule has 1 aliphatic heterocycles. The highest BCUT2D eigenvalue weighted by Gasteiger charge is 2.28. The van der Waals surface area contributed by atoms with Crippen LogP contribution in [0.15, 0.2) is 54.1 Å². The van der Waals surface area contributed by atoms with Crippen LogP contribution < -0.4 is 4.74 Å². The Morgan fingerprint density at radius 2 is 1.80 bits per heavy atom. The molecule has 2 aromatic rings. The summed E-state index contributed by atoms with van der Waals surface area (Å²) in [4.78, 5) is 12.6. The van der Waals surface area contributed by atoms with Gasteiger partial charge in [0.15, 0.2) is 5.78 Å². The second-order valence-corrected chi connectivity index (χ2v) is 7.88. The van der Waals surface area contributed by atoms with Gasteiger partial charge in [0.25, 0.3) is 0 Å². The average molecular weight is 406 g/mol. The van der Waals surface area contributed by atoms with Gasteiger partial charge < -0.3 is 20.1 Å². The fourth-order valence-corrected chi connectivity index (χ4v) is 3.30. The Kier molecular flexibility index (Phi) is 6.01. The van der Waals surface area contributed by atoms with Crippen molar-refractivity contribution in [2.24, 2.45) is 0 Å². The van der Waals surface area contributed by atoms with Gasteiger partial charge in [0.1, 0.15) is 28.6 Å². The molecule has 1 aliphatic rings. The van der Waals surface area contributed by atoms with Crippen molar-refractivity contribution in [2.45, 2.75) is 39.2 Å². The third kappa shape index (κ3) is 4.74. The summed E-state index contributed by atoms with van der Waals surface area (Å²) in [7, 11) is 0. The lowest BCUT2D eigenvalue weighted by molar-refractivity contribution is 0.104. The van der Waals surface area contributed by atoms with E-state index in [4.69, 9.17) is 4.74 Å². The van der Waals surface area contributed by atoms with Crippen molar-refractivity contribution in [2.75, 3.05) is 0 Å². The number of carbonyl (C=O) groups excluding carboxylic acids is 1. The standard InChI is InChI=1S/C25H26O5/c1-16(2)6-5-12-25(3)13-11-17-14-19(23(29)15-24(17)30-25)22(28)10-9-18-20(26)7-4-8-21(18)27/h4,6-11,13-15,26-27,29H,5,12H2,1-3H3. The molecule has 0 bridgehead atoms. The number of fused-ring (bicyclic) bond motifs is 1. The summed E-state index contributed by atoms with van der Waals surface area (Å²) in [5.74, 6) is -0.404. The number of hydrogen-bond donors (Lipinski definition) is 3. The van der Waals surface area contributed by atoms with Crippen LogP contribution in [-0.4, -0.2) is 26.7 Å². The van der Waals surface area contributed by atoms with E-state index < -0.39 is 11.4 Å². The Balaban J connectivity index is 1.82. The lowest BCUT2D eigenvalue weighted by Crippen LogP contribution is -2.31. The highest BCUT2D eigenvalue weighted by atomic mass is 16.5. The molecule has 0 aromatic heterocycles. The van der Waals surface area contributed by atoms with E-state index in [0.717, 1.165) is 12.8 Å². The van der Waals surface area contributed by atoms with Crippen molar-refractivity contribution in [1.29, 1.82) is 0 Å². The number of phenolic OH excluding ortho intramolecular Hbond substituents is 3. The first kappa shape index (κ1) is 21.2. The lowest BCUT2D eigenvalue weighted by Gasteiger charge is -2.31.